The quantitative estimate of drug-likeness (QED) is 0.449. The molecule has 3 aromatic rings. The van der Waals surface area contributed by atoms with E-state index in [0.29, 0.717) is 21.8 Å². The molecule has 0 atom stereocenters. The van der Waals surface area contributed by atoms with Gasteiger partial charge in [0.1, 0.15) is 5.15 Å². The van der Waals surface area contributed by atoms with Crippen molar-refractivity contribution in [1.29, 1.82) is 0 Å². The first kappa shape index (κ1) is 20.7. The summed E-state index contributed by atoms with van der Waals surface area (Å²) in [6, 6.07) is 14.9. The van der Waals surface area contributed by atoms with Gasteiger partial charge >= 0.3 is 0 Å². The van der Waals surface area contributed by atoms with Crippen molar-refractivity contribution in [3.63, 3.8) is 0 Å². The number of pyridine rings is 1. The minimum atomic E-state index is -0.124. The number of carbonyl (C=O) groups is 2. The number of likely N-dealkylation sites (tertiary alicyclic amines) is 1. The number of amides is 2. The molecule has 2 aromatic carbocycles. The van der Waals surface area contributed by atoms with Crippen LogP contribution in [0.4, 0.5) is 0 Å². The van der Waals surface area contributed by atoms with E-state index in [4.69, 9.17) is 11.6 Å². The minimum absolute atomic E-state index is 0.00485. The van der Waals surface area contributed by atoms with E-state index in [1.54, 1.807) is 18.2 Å². The van der Waals surface area contributed by atoms with Gasteiger partial charge in [-0.05, 0) is 60.7 Å². The number of piperidine rings is 1. The Kier molecular flexibility index (Phi) is 6.25. The van der Waals surface area contributed by atoms with Crippen LogP contribution in [0.3, 0.4) is 0 Å². The third-order valence-corrected chi connectivity index (χ3v) is 5.91. The van der Waals surface area contributed by atoms with Gasteiger partial charge in [0.25, 0.3) is 11.8 Å². The molecule has 2 amide bonds. The molecule has 0 radical (unpaired) electrons. The van der Waals surface area contributed by atoms with E-state index in [9.17, 15) is 9.59 Å². The predicted molar refractivity (Wildman–Crippen MR) is 123 cm³/mol. The number of nitrogens with one attached hydrogen (secondary N) is 1. The van der Waals surface area contributed by atoms with Crippen LogP contribution in [-0.2, 0) is 0 Å². The number of aromatic nitrogens is 1. The molecule has 0 saturated carbocycles. The number of nitrogens with zero attached hydrogens (tertiary/aromatic N) is 2. The first-order valence-corrected chi connectivity index (χ1v) is 11.5. The minimum Gasteiger partial charge on any atom is -0.339 e. The van der Waals surface area contributed by atoms with Crippen molar-refractivity contribution in [2.75, 3.05) is 19.3 Å². The Morgan fingerprint density at radius 2 is 1.70 bits per heavy atom. The summed E-state index contributed by atoms with van der Waals surface area (Å²) in [6.07, 6.45) is 5.04. The maximum absolute atomic E-state index is 13.2. The number of halogens is 1. The summed E-state index contributed by atoms with van der Waals surface area (Å²) >= 11 is 7.49. The molecule has 154 valence electrons. The van der Waals surface area contributed by atoms with Crippen LogP contribution in [0.2, 0.25) is 5.15 Å². The summed E-state index contributed by atoms with van der Waals surface area (Å²) in [6.45, 7) is 1.55. The molecule has 0 spiro atoms. The van der Waals surface area contributed by atoms with E-state index >= 15 is 0 Å². The van der Waals surface area contributed by atoms with Crippen LogP contribution in [-0.4, -0.2) is 41.0 Å². The Labute approximate surface area is 184 Å². The fraction of sp³-hybridized carbons (Fsp3) is 0.261. The highest BCUT2D eigenvalue weighted by molar-refractivity contribution is 7.97. The molecular formula is C23H22ClN3O2S. The van der Waals surface area contributed by atoms with Crippen LogP contribution in [0, 0.1) is 0 Å². The van der Waals surface area contributed by atoms with E-state index in [-0.39, 0.29) is 11.8 Å². The molecular weight excluding hydrogens is 418 g/mol. The van der Waals surface area contributed by atoms with Crippen molar-refractivity contribution in [2.45, 2.75) is 19.3 Å². The van der Waals surface area contributed by atoms with E-state index in [0.717, 1.165) is 48.9 Å². The second-order valence-electron chi connectivity index (χ2n) is 7.29. The summed E-state index contributed by atoms with van der Waals surface area (Å²) in [4.78, 5) is 31.5. The molecule has 1 N–H and O–H groups in total. The lowest BCUT2D eigenvalue weighted by Gasteiger charge is -2.27. The van der Waals surface area contributed by atoms with Gasteiger partial charge in [-0.2, -0.15) is 0 Å². The van der Waals surface area contributed by atoms with Gasteiger partial charge in [-0.15, -0.1) is 0 Å². The summed E-state index contributed by atoms with van der Waals surface area (Å²) in [7, 11) is 0. The third-order valence-electron chi connectivity index (χ3n) is 5.33. The Hall–Kier alpha value is -2.57. The maximum Gasteiger partial charge on any atom is 0.261 e. The van der Waals surface area contributed by atoms with Gasteiger partial charge in [0, 0.05) is 30.3 Å². The maximum atomic E-state index is 13.2. The summed E-state index contributed by atoms with van der Waals surface area (Å²) in [5.41, 5.74) is 3.80. The fourth-order valence-electron chi connectivity index (χ4n) is 3.78. The number of hydrogen-bond donors (Lipinski definition) is 1. The van der Waals surface area contributed by atoms with E-state index < -0.39 is 0 Å². The van der Waals surface area contributed by atoms with Crippen molar-refractivity contribution in [3.8, 4) is 11.1 Å². The highest BCUT2D eigenvalue weighted by atomic mass is 35.5. The zero-order chi connectivity index (χ0) is 21.1. The molecule has 1 aliphatic heterocycles. The van der Waals surface area contributed by atoms with E-state index in [1.165, 1.54) is 11.9 Å². The average Bonchev–Trinajstić information content (AvgIpc) is 2.78. The first-order valence-electron chi connectivity index (χ1n) is 9.90. The number of carbonyl (C=O) groups excluding carboxylic acids is 2. The van der Waals surface area contributed by atoms with E-state index in [2.05, 4.69) is 9.71 Å². The normalized spacial score (nSPS) is 14.0. The third kappa shape index (κ3) is 4.30. The van der Waals surface area contributed by atoms with Crippen molar-refractivity contribution < 1.29 is 9.59 Å². The zero-order valence-electron chi connectivity index (χ0n) is 16.7. The van der Waals surface area contributed by atoms with Crippen LogP contribution in [0.15, 0.2) is 48.5 Å². The molecule has 1 aliphatic rings. The van der Waals surface area contributed by atoms with Crippen molar-refractivity contribution in [1.82, 2.24) is 14.6 Å². The zero-order valence-corrected chi connectivity index (χ0v) is 18.2. The van der Waals surface area contributed by atoms with Crippen LogP contribution in [0.1, 0.15) is 40.0 Å². The van der Waals surface area contributed by atoms with Gasteiger partial charge in [-0.25, -0.2) is 4.98 Å². The van der Waals surface area contributed by atoms with Crippen molar-refractivity contribution in [3.05, 3.63) is 64.8 Å². The lowest BCUT2D eigenvalue weighted by atomic mass is 9.99. The Balaban J connectivity index is 1.72. The standard InChI is InChI=1S/C23H22ClN3O2S/c1-30-26-22(28)16-7-5-15(6-8-16)17-9-10-20-18(13-17)19(14-21(24)25-20)23(29)27-11-3-2-4-12-27/h5-10,13-14H,2-4,11-12H2,1H3,(H,26,28). The molecule has 1 saturated heterocycles. The van der Waals surface area contributed by atoms with Crippen LogP contribution < -0.4 is 4.72 Å². The smallest absolute Gasteiger partial charge is 0.261 e. The molecule has 0 aliphatic carbocycles. The number of fused-ring (bicyclic) bond motifs is 1. The fourth-order valence-corrected chi connectivity index (χ4v) is 4.29. The van der Waals surface area contributed by atoms with Gasteiger partial charge < -0.3 is 4.90 Å². The summed E-state index contributed by atoms with van der Waals surface area (Å²) in [5.74, 6) is -0.119. The molecule has 4 rings (SSSR count). The monoisotopic (exact) mass is 439 g/mol. The Bertz CT molecular complexity index is 1100. The number of rotatable bonds is 4. The number of benzene rings is 2. The Morgan fingerprint density at radius 1 is 1.00 bits per heavy atom. The molecule has 0 bridgehead atoms. The van der Waals surface area contributed by atoms with Crippen LogP contribution in [0.5, 0.6) is 0 Å². The van der Waals surface area contributed by atoms with Gasteiger partial charge in [-0.3, -0.25) is 14.3 Å². The summed E-state index contributed by atoms with van der Waals surface area (Å²) < 4.78 is 2.72. The first-order chi connectivity index (χ1) is 14.6. The lowest BCUT2D eigenvalue weighted by Crippen LogP contribution is -2.35. The average molecular weight is 440 g/mol. The van der Waals surface area contributed by atoms with Crippen LogP contribution in [0.25, 0.3) is 22.0 Å². The predicted octanol–water partition coefficient (Wildman–Crippen LogP) is 5.19. The molecule has 1 fully saturated rings. The topological polar surface area (TPSA) is 62.3 Å². The van der Waals surface area contributed by atoms with Gasteiger partial charge in [0.2, 0.25) is 0 Å². The molecule has 7 heteroatoms. The van der Waals surface area contributed by atoms with E-state index in [1.807, 2.05) is 41.5 Å². The number of hydrogen-bond acceptors (Lipinski definition) is 4. The summed E-state index contributed by atoms with van der Waals surface area (Å²) in [5, 5.41) is 1.11. The van der Waals surface area contributed by atoms with Gasteiger partial charge in [0.15, 0.2) is 0 Å². The molecule has 30 heavy (non-hydrogen) atoms. The SMILES string of the molecule is CSNC(=O)c1ccc(-c2ccc3nc(Cl)cc(C(=O)N4CCCCC4)c3c2)cc1. The molecule has 2 heterocycles. The van der Waals surface area contributed by atoms with Gasteiger partial charge in [-0.1, -0.05) is 41.7 Å². The molecule has 1 aromatic heterocycles. The second kappa shape index (κ2) is 9.06. The Morgan fingerprint density at radius 3 is 2.40 bits per heavy atom. The van der Waals surface area contributed by atoms with Gasteiger partial charge in [0.05, 0.1) is 11.1 Å². The highest BCUT2D eigenvalue weighted by Gasteiger charge is 2.21. The lowest BCUT2D eigenvalue weighted by molar-refractivity contribution is 0.0726. The van der Waals surface area contributed by atoms with Crippen molar-refractivity contribution >= 4 is 46.3 Å². The highest BCUT2D eigenvalue weighted by Crippen LogP contribution is 2.29. The molecule has 0 unspecified atom stereocenters. The second-order valence-corrected chi connectivity index (χ2v) is 8.29. The molecule has 5 nitrogen and oxygen atoms in total. The largest absolute Gasteiger partial charge is 0.339 e. The van der Waals surface area contributed by atoms with Crippen molar-refractivity contribution in [2.24, 2.45) is 0 Å². The van der Waals surface area contributed by atoms with Crippen LogP contribution >= 0.6 is 23.5 Å².